The van der Waals surface area contributed by atoms with Crippen LogP contribution in [0.15, 0.2) is 39.7 Å². The highest BCUT2D eigenvalue weighted by Crippen LogP contribution is 2.37. The Kier molecular flexibility index (Phi) is 7.32. The summed E-state index contributed by atoms with van der Waals surface area (Å²) in [7, 11) is 0. The Morgan fingerprint density at radius 3 is 2.66 bits per heavy atom. The lowest BCUT2D eigenvalue weighted by Crippen LogP contribution is -2.31. The van der Waals surface area contributed by atoms with E-state index in [0.29, 0.717) is 11.8 Å². The van der Waals surface area contributed by atoms with Gasteiger partial charge in [-0.3, -0.25) is 19.3 Å². The van der Waals surface area contributed by atoms with E-state index in [1.54, 1.807) is 0 Å². The molecule has 1 aliphatic rings. The predicted molar refractivity (Wildman–Crippen MR) is 110 cm³/mol. The molecule has 2 heterocycles. The number of imide groups is 1. The number of hydrogen-bond acceptors (Lipinski definition) is 6. The normalized spacial score (nSPS) is 15.8. The molecule has 0 atom stereocenters. The zero-order valence-electron chi connectivity index (χ0n) is 16.1. The van der Waals surface area contributed by atoms with Gasteiger partial charge in [-0.2, -0.15) is 13.2 Å². The van der Waals surface area contributed by atoms with Crippen LogP contribution in [-0.4, -0.2) is 46.9 Å². The Labute approximate surface area is 188 Å². The second-order valence-electron chi connectivity index (χ2n) is 6.48. The van der Waals surface area contributed by atoms with Gasteiger partial charge in [0.25, 0.3) is 11.1 Å². The molecule has 0 aliphatic carbocycles. The van der Waals surface area contributed by atoms with Gasteiger partial charge >= 0.3 is 12.1 Å². The highest BCUT2D eigenvalue weighted by molar-refractivity contribution is 8.18. The summed E-state index contributed by atoms with van der Waals surface area (Å²) in [6.45, 7) is -0.114. The number of carbonyl (C=O) groups excluding carboxylic acids is 2. The van der Waals surface area contributed by atoms with Crippen molar-refractivity contribution in [3.8, 4) is 11.3 Å². The quantitative estimate of drug-likeness (QED) is 0.404. The number of carboxylic acids is 1. The zero-order chi connectivity index (χ0) is 23.5. The molecule has 12 heteroatoms. The molecular weight excluding hydrogens is 475 g/mol. The molecule has 1 fully saturated rings. The molecular formula is C20H15ClF3NO6S. The third-order valence-corrected chi connectivity index (χ3v) is 5.49. The van der Waals surface area contributed by atoms with E-state index in [0.717, 1.165) is 23.1 Å². The maximum absolute atomic E-state index is 13.0. The molecule has 0 unspecified atom stereocenters. The number of aliphatic carboxylic acids is 1. The van der Waals surface area contributed by atoms with Gasteiger partial charge in [-0.25, -0.2) is 0 Å². The van der Waals surface area contributed by atoms with Crippen molar-refractivity contribution >= 4 is 46.6 Å². The summed E-state index contributed by atoms with van der Waals surface area (Å²) in [5.74, 6) is -1.39. The molecule has 1 aliphatic heterocycles. The van der Waals surface area contributed by atoms with Crippen LogP contribution in [0.5, 0.6) is 0 Å². The summed E-state index contributed by atoms with van der Waals surface area (Å²) in [5, 5.41) is 8.07. The fraction of sp³-hybridized carbons (Fsp3) is 0.250. The first-order chi connectivity index (χ1) is 15.1. The van der Waals surface area contributed by atoms with Crippen molar-refractivity contribution in [1.82, 2.24) is 4.90 Å². The fourth-order valence-corrected chi connectivity index (χ4v) is 3.76. The minimum Gasteiger partial charge on any atom is -0.481 e. The van der Waals surface area contributed by atoms with E-state index in [4.69, 9.17) is 25.9 Å². The number of hydrogen-bond donors (Lipinski definition) is 1. The molecule has 7 nitrogen and oxygen atoms in total. The van der Waals surface area contributed by atoms with Crippen LogP contribution in [0.4, 0.5) is 18.0 Å². The van der Waals surface area contributed by atoms with Crippen LogP contribution in [0.1, 0.15) is 17.7 Å². The number of benzene rings is 1. The van der Waals surface area contributed by atoms with Crippen molar-refractivity contribution in [1.29, 1.82) is 0 Å². The van der Waals surface area contributed by atoms with Crippen LogP contribution < -0.4 is 0 Å². The molecule has 3 rings (SSSR count). The standard InChI is InChI=1S/C20H15ClF3NO6S/c21-14-3-1-11(20(22,23)24)9-13(14)15-4-2-12(31-15)10-16-18(28)25(19(29)32-16)6-8-30-7-5-17(26)27/h1-4,9-10H,5-8H2,(H,26,27). The van der Waals surface area contributed by atoms with Gasteiger partial charge in [0.05, 0.1) is 41.7 Å². The third-order valence-electron chi connectivity index (χ3n) is 4.25. The minimum absolute atomic E-state index is 0.0163. The molecule has 1 N–H and O–H groups in total. The molecule has 0 spiro atoms. The van der Waals surface area contributed by atoms with Crippen LogP contribution >= 0.6 is 23.4 Å². The number of rotatable bonds is 8. The topological polar surface area (TPSA) is 97.1 Å². The van der Waals surface area contributed by atoms with Crippen molar-refractivity contribution in [2.24, 2.45) is 0 Å². The average molecular weight is 490 g/mol. The summed E-state index contributed by atoms with van der Waals surface area (Å²) < 4.78 is 49.6. The molecule has 32 heavy (non-hydrogen) atoms. The number of thioether (sulfide) groups is 1. The molecule has 1 aromatic heterocycles. The SMILES string of the molecule is O=C(O)CCOCCN1C(=O)SC(=Cc2ccc(-c3cc(C(F)(F)F)ccc3Cl)o2)C1=O. The van der Waals surface area contributed by atoms with E-state index >= 15 is 0 Å². The molecule has 170 valence electrons. The number of carboxylic acid groups (broad SMARTS) is 1. The Morgan fingerprint density at radius 1 is 1.22 bits per heavy atom. The number of halogens is 4. The summed E-state index contributed by atoms with van der Waals surface area (Å²) >= 11 is 6.69. The zero-order valence-corrected chi connectivity index (χ0v) is 17.7. The summed E-state index contributed by atoms with van der Waals surface area (Å²) in [6.07, 6.45) is -3.44. The predicted octanol–water partition coefficient (Wildman–Crippen LogP) is 5.15. The second-order valence-corrected chi connectivity index (χ2v) is 7.88. The van der Waals surface area contributed by atoms with Crippen molar-refractivity contribution in [3.63, 3.8) is 0 Å². The number of ether oxygens (including phenoxy) is 1. The summed E-state index contributed by atoms with van der Waals surface area (Å²) in [4.78, 5) is 36.0. The number of alkyl halides is 3. The van der Waals surface area contributed by atoms with Gasteiger partial charge in [0, 0.05) is 11.6 Å². The molecule has 0 saturated carbocycles. The highest BCUT2D eigenvalue weighted by atomic mass is 35.5. The molecule has 1 saturated heterocycles. The number of carbonyl (C=O) groups is 3. The van der Waals surface area contributed by atoms with Gasteiger partial charge in [-0.05, 0) is 42.1 Å². The van der Waals surface area contributed by atoms with Gasteiger partial charge in [-0.1, -0.05) is 11.6 Å². The lowest BCUT2D eigenvalue weighted by molar-refractivity contribution is -0.139. The van der Waals surface area contributed by atoms with E-state index < -0.39 is 28.9 Å². The van der Waals surface area contributed by atoms with Crippen LogP contribution in [0.3, 0.4) is 0 Å². The van der Waals surface area contributed by atoms with Crippen molar-refractivity contribution in [2.45, 2.75) is 12.6 Å². The monoisotopic (exact) mass is 489 g/mol. The fourth-order valence-electron chi connectivity index (χ4n) is 2.70. The number of furan rings is 1. The van der Waals surface area contributed by atoms with Crippen molar-refractivity contribution in [2.75, 3.05) is 19.8 Å². The van der Waals surface area contributed by atoms with E-state index in [-0.39, 0.29) is 53.2 Å². The lowest BCUT2D eigenvalue weighted by atomic mass is 10.1. The van der Waals surface area contributed by atoms with Crippen LogP contribution in [0.25, 0.3) is 17.4 Å². The van der Waals surface area contributed by atoms with E-state index in [9.17, 15) is 27.6 Å². The van der Waals surface area contributed by atoms with E-state index in [1.165, 1.54) is 18.2 Å². The first-order valence-electron chi connectivity index (χ1n) is 9.08. The Bertz CT molecular complexity index is 1080. The number of amides is 2. The van der Waals surface area contributed by atoms with Gasteiger partial charge in [-0.15, -0.1) is 0 Å². The third kappa shape index (κ3) is 5.72. The van der Waals surface area contributed by atoms with Crippen LogP contribution in [0.2, 0.25) is 5.02 Å². The molecule has 0 radical (unpaired) electrons. The van der Waals surface area contributed by atoms with Crippen LogP contribution in [-0.2, 0) is 20.5 Å². The van der Waals surface area contributed by atoms with E-state index in [2.05, 4.69) is 0 Å². The summed E-state index contributed by atoms with van der Waals surface area (Å²) in [5.41, 5.74) is -0.853. The number of nitrogens with zero attached hydrogens (tertiary/aromatic N) is 1. The largest absolute Gasteiger partial charge is 0.481 e. The average Bonchev–Trinajstić information content (AvgIpc) is 3.26. The second kappa shape index (κ2) is 9.80. The molecule has 2 aromatic rings. The van der Waals surface area contributed by atoms with Crippen molar-refractivity contribution in [3.05, 3.63) is 51.6 Å². The Balaban J connectivity index is 1.71. The van der Waals surface area contributed by atoms with Gasteiger partial charge in [0.2, 0.25) is 0 Å². The Morgan fingerprint density at radius 2 is 1.97 bits per heavy atom. The first kappa shape index (κ1) is 23.9. The molecule has 1 aromatic carbocycles. The Hall–Kier alpha value is -2.76. The maximum Gasteiger partial charge on any atom is 0.416 e. The maximum atomic E-state index is 13.0. The summed E-state index contributed by atoms with van der Waals surface area (Å²) in [6, 6.07) is 5.69. The molecule has 2 amide bonds. The lowest BCUT2D eigenvalue weighted by Gasteiger charge is -2.11. The smallest absolute Gasteiger partial charge is 0.416 e. The molecule has 0 bridgehead atoms. The van der Waals surface area contributed by atoms with Crippen molar-refractivity contribution < 1.29 is 41.8 Å². The van der Waals surface area contributed by atoms with Gasteiger partial charge < -0.3 is 14.3 Å². The highest BCUT2D eigenvalue weighted by Gasteiger charge is 2.35. The van der Waals surface area contributed by atoms with Gasteiger partial charge in [0.1, 0.15) is 11.5 Å². The minimum atomic E-state index is -4.55. The van der Waals surface area contributed by atoms with Crippen LogP contribution in [0, 0.1) is 0 Å². The van der Waals surface area contributed by atoms with Gasteiger partial charge in [0.15, 0.2) is 0 Å². The first-order valence-corrected chi connectivity index (χ1v) is 10.3. The van der Waals surface area contributed by atoms with E-state index in [1.807, 2.05) is 0 Å².